The van der Waals surface area contributed by atoms with Crippen LogP contribution in [0.4, 0.5) is 17.6 Å². The molecule has 7 heteroatoms. The Labute approximate surface area is 214 Å². The van der Waals surface area contributed by atoms with Crippen molar-refractivity contribution < 1.29 is 31.8 Å². The summed E-state index contributed by atoms with van der Waals surface area (Å²) in [4.78, 5) is 0. The standard InChI is InChI=1S/C30H30F4O3/c1-3-17-36-25-15-13-23(27(31)29(25)33)20-7-5-19(6-8-20)18-37-26-16-14-24(28(32)30(26)34)21-9-11-22(12-10-21)35-4-2/h3,9-16,19-20H,1,4-8,17-18H2,2H3. The Bertz CT molecular complexity index is 1220. The molecule has 1 saturated carbocycles. The Hall–Kier alpha value is -3.48. The van der Waals surface area contributed by atoms with Gasteiger partial charge in [0.2, 0.25) is 11.6 Å². The van der Waals surface area contributed by atoms with E-state index in [1.54, 1.807) is 30.3 Å². The van der Waals surface area contributed by atoms with E-state index in [-0.39, 0.29) is 42.1 Å². The van der Waals surface area contributed by atoms with Crippen LogP contribution < -0.4 is 14.2 Å². The molecule has 3 aromatic carbocycles. The molecule has 0 aromatic heterocycles. The zero-order valence-electron chi connectivity index (χ0n) is 20.7. The van der Waals surface area contributed by atoms with E-state index in [9.17, 15) is 17.6 Å². The third-order valence-electron chi connectivity index (χ3n) is 6.72. The summed E-state index contributed by atoms with van der Waals surface area (Å²) in [5.41, 5.74) is 1.01. The molecule has 1 aliphatic rings. The average molecular weight is 515 g/mol. The quantitative estimate of drug-likeness (QED) is 0.202. The molecule has 0 N–H and O–H groups in total. The van der Waals surface area contributed by atoms with Gasteiger partial charge in [-0.1, -0.05) is 30.9 Å². The second-order valence-corrected chi connectivity index (χ2v) is 9.11. The SMILES string of the molecule is C=CCOc1ccc(C2CCC(COc3ccc(-c4ccc(OCC)cc4)c(F)c3F)CC2)c(F)c1F. The molecule has 1 fully saturated rings. The van der Waals surface area contributed by atoms with Crippen molar-refractivity contribution in [3.63, 3.8) is 0 Å². The van der Waals surface area contributed by atoms with Crippen LogP contribution in [0.5, 0.6) is 17.2 Å². The lowest BCUT2D eigenvalue weighted by Gasteiger charge is -2.29. The van der Waals surface area contributed by atoms with Crippen LogP contribution in [0, 0.1) is 29.2 Å². The molecule has 0 saturated heterocycles. The first-order valence-electron chi connectivity index (χ1n) is 12.5. The Morgan fingerprint density at radius 2 is 1.41 bits per heavy atom. The normalized spacial score (nSPS) is 17.3. The maximum atomic E-state index is 14.8. The molecular weight excluding hydrogens is 484 g/mol. The average Bonchev–Trinajstić information content (AvgIpc) is 2.92. The van der Waals surface area contributed by atoms with Crippen molar-refractivity contribution in [1.29, 1.82) is 0 Å². The summed E-state index contributed by atoms with van der Waals surface area (Å²) in [6, 6.07) is 12.7. The summed E-state index contributed by atoms with van der Waals surface area (Å²) in [6.07, 6.45) is 4.16. The second-order valence-electron chi connectivity index (χ2n) is 9.11. The van der Waals surface area contributed by atoms with Gasteiger partial charge in [0.1, 0.15) is 12.4 Å². The summed E-state index contributed by atoms with van der Waals surface area (Å²) in [5.74, 6) is -3.51. The van der Waals surface area contributed by atoms with Gasteiger partial charge in [0, 0.05) is 5.56 Å². The first-order valence-corrected chi connectivity index (χ1v) is 12.5. The van der Waals surface area contributed by atoms with E-state index in [1.165, 1.54) is 24.3 Å². The van der Waals surface area contributed by atoms with Gasteiger partial charge in [-0.3, -0.25) is 0 Å². The zero-order chi connectivity index (χ0) is 26.4. The Morgan fingerprint density at radius 1 is 0.757 bits per heavy atom. The van der Waals surface area contributed by atoms with Gasteiger partial charge in [0.15, 0.2) is 23.1 Å². The summed E-state index contributed by atoms with van der Waals surface area (Å²) >= 11 is 0. The number of ether oxygens (including phenoxy) is 3. The summed E-state index contributed by atoms with van der Waals surface area (Å²) < 4.78 is 74.7. The van der Waals surface area contributed by atoms with E-state index in [4.69, 9.17) is 14.2 Å². The third kappa shape index (κ3) is 6.09. The van der Waals surface area contributed by atoms with Crippen LogP contribution in [0.2, 0.25) is 0 Å². The minimum absolute atomic E-state index is 0.0929. The Balaban J connectivity index is 1.34. The maximum Gasteiger partial charge on any atom is 0.201 e. The fourth-order valence-corrected chi connectivity index (χ4v) is 4.73. The molecule has 0 radical (unpaired) electrons. The molecule has 196 valence electrons. The number of hydrogen-bond donors (Lipinski definition) is 0. The van der Waals surface area contributed by atoms with Crippen molar-refractivity contribution in [2.24, 2.45) is 5.92 Å². The lowest BCUT2D eigenvalue weighted by Crippen LogP contribution is -2.20. The van der Waals surface area contributed by atoms with Crippen LogP contribution in [-0.2, 0) is 0 Å². The minimum Gasteiger partial charge on any atom is -0.494 e. The lowest BCUT2D eigenvalue weighted by atomic mass is 9.79. The minimum atomic E-state index is -1.03. The van der Waals surface area contributed by atoms with E-state index in [0.29, 0.717) is 49.2 Å². The fraction of sp³-hybridized carbons (Fsp3) is 0.333. The van der Waals surface area contributed by atoms with Gasteiger partial charge in [0.05, 0.1) is 13.2 Å². The summed E-state index contributed by atoms with van der Waals surface area (Å²) in [7, 11) is 0. The molecule has 37 heavy (non-hydrogen) atoms. The first kappa shape index (κ1) is 26.6. The van der Waals surface area contributed by atoms with Crippen LogP contribution in [-0.4, -0.2) is 19.8 Å². The lowest BCUT2D eigenvalue weighted by molar-refractivity contribution is 0.191. The Morgan fingerprint density at radius 3 is 2.08 bits per heavy atom. The molecular formula is C30H30F4O3. The van der Waals surface area contributed by atoms with Crippen LogP contribution in [0.15, 0.2) is 61.2 Å². The number of halogens is 4. The predicted molar refractivity (Wildman–Crippen MR) is 135 cm³/mol. The molecule has 0 spiro atoms. The molecule has 4 rings (SSSR count). The topological polar surface area (TPSA) is 27.7 Å². The number of hydrogen-bond acceptors (Lipinski definition) is 3. The smallest absolute Gasteiger partial charge is 0.201 e. The van der Waals surface area contributed by atoms with E-state index >= 15 is 0 Å². The highest BCUT2D eigenvalue weighted by Crippen LogP contribution is 2.39. The van der Waals surface area contributed by atoms with Gasteiger partial charge in [0.25, 0.3) is 0 Å². The van der Waals surface area contributed by atoms with Gasteiger partial charge in [-0.15, -0.1) is 0 Å². The van der Waals surface area contributed by atoms with Gasteiger partial charge in [-0.2, -0.15) is 8.78 Å². The van der Waals surface area contributed by atoms with E-state index < -0.39 is 23.3 Å². The van der Waals surface area contributed by atoms with Gasteiger partial charge in [-0.05, 0) is 85.9 Å². The van der Waals surface area contributed by atoms with Crippen molar-refractivity contribution in [3.8, 4) is 28.4 Å². The van der Waals surface area contributed by atoms with E-state index in [2.05, 4.69) is 6.58 Å². The second kappa shape index (κ2) is 12.2. The molecule has 0 aliphatic heterocycles. The molecule has 3 aromatic rings. The van der Waals surface area contributed by atoms with Crippen LogP contribution in [0.1, 0.15) is 44.1 Å². The Kier molecular flexibility index (Phi) is 8.74. The molecule has 0 heterocycles. The highest BCUT2D eigenvalue weighted by Gasteiger charge is 2.27. The highest BCUT2D eigenvalue weighted by molar-refractivity contribution is 5.66. The fourth-order valence-electron chi connectivity index (χ4n) is 4.73. The summed E-state index contributed by atoms with van der Waals surface area (Å²) in [5, 5.41) is 0. The molecule has 3 nitrogen and oxygen atoms in total. The summed E-state index contributed by atoms with van der Waals surface area (Å²) in [6.45, 7) is 6.20. The van der Waals surface area contributed by atoms with Crippen LogP contribution >= 0.6 is 0 Å². The molecule has 1 aliphatic carbocycles. The molecule has 0 atom stereocenters. The molecule has 0 unspecified atom stereocenters. The number of rotatable bonds is 10. The van der Waals surface area contributed by atoms with Crippen LogP contribution in [0.25, 0.3) is 11.1 Å². The third-order valence-corrected chi connectivity index (χ3v) is 6.72. The van der Waals surface area contributed by atoms with E-state index in [1.807, 2.05) is 6.92 Å². The van der Waals surface area contributed by atoms with Crippen molar-refractivity contribution in [2.45, 2.75) is 38.5 Å². The zero-order valence-corrected chi connectivity index (χ0v) is 20.7. The van der Waals surface area contributed by atoms with Gasteiger partial charge in [-0.25, -0.2) is 8.78 Å². The predicted octanol–water partition coefficient (Wildman–Crippen LogP) is 8.23. The first-order chi connectivity index (χ1) is 17.9. The number of benzene rings is 3. The van der Waals surface area contributed by atoms with Crippen molar-refractivity contribution >= 4 is 0 Å². The monoisotopic (exact) mass is 514 g/mol. The largest absolute Gasteiger partial charge is 0.494 e. The van der Waals surface area contributed by atoms with E-state index in [0.717, 1.165) is 0 Å². The maximum absolute atomic E-state index is 14.8. The van der Waals surface area contributed by atoms with Gasteiger partial charge < -0.3 is 14.2 Å². The molecule has 0 amide bonds. The van der Waals surface area contributed by atoms with Crippen molar-refractivity contribution in [1.82, 2.24) is 0 Å². The van der Waals surface area contributed by atoms with Crippen molar-refractivity contribution in [3.05, 3.63) is 90.0 Å². The van der Waals surface area contributed by atoms with Gasteiger partial charge >= 0.3 is 0 Å². The molecule has 0 bridgehead atoms. The highest BCUT2D eigenvalue weighted by atomic mass is 19.2. The van der Waals surface area contributed by atoms with Crippen LogP contribution in [0.3, 0.4) is 0 Å². The van der Waals surface area contributed by atoms with Crippen molar-refractivity contribution in [2.75, 3.05) is 19.8 Å².